The number of rotatable bonds is 8. The van der Waals surface area contributed by atoms with Crippen molar-refractivity contribution < 1.29 is 28.4 Å². The molecule has 13 heteroatoms. The molecule has 0 radical (unpaired) electrons. The zero-order chi connectivity index (χ0) is 34.6. The van der Waals surface area contributed by atoms with Crippen LogP contribution in [0.2, 0.25) is 5.02 Å². The average molecular weight is 709 g/mol. The minimum Gasteiger partial charge on any atom is -0.480 e. The number of nitrogens with zero attached hydrogens (tertiary/aromatic N) is 5. The molecule has 50 heavy (non-hydrogen) atoms. The summed E-state index contributed by atoms with van der Waals surface area (Å²) in [7, 11) is 1.51. The number of likely N-dealkylation sites (tertiary alicyclic amines) is 1. The van der Waals surface area contributed by atoms with Crippen molar-refractivity contribution in [1.82, 2.24) is 25.1 Å². The number of halogens is 2. The van der Waals surface area contributed by atoms with Crippen molar-refractivity contribution >= 4 is 39.1 Å². The zero-order valence-electron chi connectivity index (χ0n) is 29.1. The van der Waals surface area contributed by atoms with E-state index < -0.39 is 11.4 Å². The van der Waals surface area contributed by atoms with Gasteiger partial charge >= 0.3 is 0 Å². The highest BCUT2D eigenvalue weighted by atomic mass is 35.5. The molecule has 3 saturated heterocycles. The topological polar surface area (TPSA) is 118 Å². The molecular formula is C37H46ClFN6O5. The molecule has 4 fully saturated rings. The van der Waals surface area contributed by atoms with Gasteiger partial charge in [0.25, 0.3) is 0 Å². The number of aliphatic hydroxyl groups is 1. The van der Waals surface area contributed by atoms with E-state index in [0.29, 0.717) is 70.2 Å². The highest BCUT2D eigenvalue weighted by Gasteiger charge is 2.49. The molecule has 2 N–H and O–H groups in total. The fourth-order valence-electron chi connectivity index (χ4n) is 8.98. The maximum atomic E-state index is 17.2. The van der Waals surface area contributed by atoms with Crippen molar-refractivity contribution in [3.8, 4) is 23.0 Å². The Morgan fingerprint density at radius 2 is 2.00 bits per heavy atom. The fourth-order valence-corrected chi connectivity index (χ4v) is 9.23. The van der Waals surface area contributed by atoms with Crippen LogP contribution in [-0.4, -0.2) is 108 Å². The van der Waals surface area contributed by atoms with Crippen molar-refractivity contribution in [3.05, 3.63) is 34.7 Å². The molecule has 0 amide bonds. The molecule has 1 aliphatic carbocycles. The van der Waals surface area contributed by atoms with Crippen LogP contribution in [-0.2, 0) is 9.47 Å². The summed E-state index contributed by atoms with van der Waals surface area (Å²) in [6, 6.07) is 4.16. The predicted octanol–water partition coefficient (Wildman–Crippen LogP) is 5.92. The minimum absolute atomic E-state index is 0.00372. The number of hydrogen-bond acceptors (Lipinski definition) is 10. The Bertz CT molecular complexity index is 1900. The number of fused-ring (bicyclic) bond motifs is 3. The maximum absolute atomic E-state index is 17.2. The lowest BCUT2D eigenvalue weighted by atomic mass is 9.75. The molecule has 3 aliphatic heterocycles. The number of nitrogens with one attached hydrogen (secondary N) is 1. The van der Waals surface area contributed by atoms with E-state index in [9.17, 15) is 5.11 Å². The van der Waals surface area contributed by atoms with E-state index in [1.165, 1.54) is 7.11 Å². The summed E-state index contributed by atoms with van der Waals surface area (Å²) < 4.78 is 41.2. The van der Waals surface area contributed by atoms with Crippen LogP contribution >= 0.6 is 11.6 Å². The lowest BCUT2D eigenvalue weighted by Gasteiger charge is -2.47. The Morgan fingerprint density at radius 1 is 1.14 bits per heavy atom. The number of aryl methyl sites for hydroxylation is 1. The molecule has 8 rings (SSSR count). The summed E-state index contributed by atoms with van der Waals surface area (Å²) >= 11 is 6.87. The van der Waals surface area contributed by atoms with Crippen molar-refractivity contribution in [2.24, 2.45) is 11.3 Å². The number of hydrogen-bond donors (Lipinski definition) is 2. The number of piperidine rings is 1. The highest BCUT2D eigenvalue weighted by Crippen LogP contribution is 2.49. The van der Waals surface area contributed by atoms with Crippen LogP contribution in [0.1, 0.15) is 51.0 Å². The van der Waals surface area contributed by atoms with Crippen LogP contribution in [0.3, 0.4) is 0 Å². The van der Waals surface area contributed by atoms with Gasteiger partial charge in [-0.25, -0.2) is 14.4 Å². The average Bonchev–Trinajstić information content (AvgIpc) is 3.86. The molecular weight excluding hydrogens is 663 g/mol. The quantitative estimate of drug-likeness (QED) is 0.228. The Hall–Kier alpha value is -3.29. The normalized spacial score (nSPS) is 27.6. The molecule has 6 heterocycles. The van der Waals surface area contributed by atoms with E-state index in [0.717, 1.165) is 70.4 Å². The van der Waals surface area contributed by atoms with Gasteiger partial charge < -0.3 is 29.0 Å². The van der Waals surface area contributed by atoms with Crippen molar-refractivity contribution in [3.63, 3.8) is 0 Å². The lowest BCUT2D eigenvalue weighted by Crippen LogP contribution is -2.53. The van der Waals surface area contributed by atoms with Crippen LogP contribution in [0, 0.1) is 24.1 Å². The van der Waals surface area contributed by atoms with Gasteiger partial charge in [-0.2, -0.15) is 5.10 Å². The lowest BCUT2D eigenvalue weighted by molar-refractivity contribution is -0.0123. The first kappa shape index (κ1) is 33.8. The summed E-state index contributed by atoms with van der Waals surface area (Å²) in [6.45, 7) is 9.24. The van der Waals surface area contributed by atoms with E-state index in [1.54, 1.807) is 13.1 Å². The zero-order valence-corrected chi connectivity index (χ0v) is 29.8. The Morgan fingerprint density at radius 3 is 2.82 bits per heavy atom. The second-order valence-corrected chi connectivity index (χ2v) is 15.4. The number of pyridine rings is 2. The predicted molar refractivity (Wildman–Crippen MR) is 190 cm³/mol. The summed E-state index contributed by atoms with van der Waals surface area (Å²) in [5.41, 5.74) is 1.43. The van der Waals surface area contributed by atoms with Crippen LogP contribution in [0.15, 0.2) is 18.3 Å². The van der Waals surface area contributed by atoms with Gasteiger partial charge in [0.05, 0.1) is 61.3 Å². The smallest absolute Gasteiger partial charge is 0.225 e. The van der Waals surface area contributed by atoms with Crippen LogP contribution in [0.5, 0.6) is 11.8 Å². The summed E-state index contributed by atoms with van der Waals surface area (Å²) in [5, 5.41) is 19.7. The minimum atomic E-state index is -1.14. The van der Waals surface area contributed by atoms with Gasteiger partial charge in [0.2, 0.25) is 11.8 Å². The van der Waals surface area contributed by atoms with Gasteiger partial charge in [-0.1, -0.05) is 18.0 Å². The number of methoxy groups -OCH3 is 1. The number of aromatic amines is 1. The standard InChI is InChI=1S/C37H46ClFN6O5/c1-22-14-25-24(16-40-43-25)29(31(22)38)33-32(39)34-30(35(42-33)47-3)26(45-11-13-49-20-36(2,46)19-45)15-28(41-34)50-21-37-8-4-6-27(37)44(10-5-9-37)17-23-7-12-48-18-23/h14-16,23,27,46H,4-13,17-21H2,1-3H3,(H,40,43). The van der Waals surface area contributed by atoms with E-state index >= 15 is 4.39 Å². The summed E-state index contributed by atoms with van der Waals surface area (Å²) in [6.07, 6.45) is 8.35. The molecule has 3 aromatic heterocycles. The van der Waals surface area contributed by atoms with Gasteiger partial charge in [0.1, 0.15) is 16.8 Å². The molecule has 0 spiro atoms. The first-order chi connectivity index (χ1) is 24.2. The number of ether oxygens (including phenoxy) is 4. The number of H-pyrrole nitrogens is 1. The third kappa shape index (κ3) is 6.06. The number of β-amino-alcohol motifs (C(OH)–C–C–N with tert-alkyl or cyclic N) is 1. The molecule has 4 atom stereocenters. The van der Waals surface area contributed by atoms with E-state index in [2.05, 4.69) is 15.1 Å². The fraction of sp³-hybridized carbons (Fsp3) is 0.595. The molecule has 4 aliphatic rings. The second kappa shape index (κ2) is 13.4. The van der Waals surface area contributed by atoms with E-state index in [-0.39, 0.29) is 35.7 Å². The Labute approximate surface area is 296 Å². The monoisotopic (exact) mass is 708 g/mol. The molecule has 1 saturated carbocycles. The van der Waals surface area contributed by atoms with Crippen LogP contribution in [0.4, 0.5) is 10.1 Å². The van der Waals surface area contributed by atoms with Crippen molar-refractivity contribution in [1.29, 1.82) is 0 Å². The van der Waals surface area contributed by atoms with Gasteiger partial charge in [-0.15, -0.1) is 0 Å². The van der Waals surface area contributed by atoms with Gasteiger partial charge in [-0.05, 0) is 70.0 Å². The second-order valence-electron chi connectivity index (χ2n) is 15.1. The first-order valence-electron chi connectivity index (χ1n) is 17.9. The van der Waals surface area contributed by atoms with Crippen LogP contribution in [0.25, 0.3) is 33.1 Å². The molecule has 268 valence electrons. The number of benzene rings is 1. The van der Waals surface area contributed by atoms with E-state index in [4.69, 9.17) is 40.5 Å². The number of anilines is 1. The largest absolute Gasteiger partial charge is 0.480 e. The molecule has 11 nitrogen and oxygen atoms in total. The molecule has 4 unspecified atom stereocenters. The Balaban J connectivity index is 1.23. The maximum Gasteiger partial charge on any atom is 0.225 e. The summed E-state index contributed by atoms with van der Waals surface area (Å²) in [5.74, 6) is 0.455. The van der Waals surface area contributed by atoms with Crippen molar-refractivity contribution in [2.75, 3.05) is 71.2 Å². The SMILES string of the molecule is COc1nc(-c2c(Cl)c(C)cc3[nH]ncc23)c(F)c2nc(OCC34CCCC3N(CC3CCOC3)CCC4)cc(N3CCOCC(C)(O)C3)c12. The summed E-state index contributed by atoms with van der Waals surface area (Å²) in [4.78, 5) is 14.3. The molecule has 0 bridgehead atoms. The molecule has 1 aromatic carbocycles. The van der Waals surface area contributed by atoms with Gasteiger partial charge in [0, 0.05) is 54.7 Å². The van der Waals surface area contributed by atoms with Crippen LogP contribution < -0.4 is 14.4 Å². The number of aromatic nitrogens is 4. The third-order valence-corrected chi connectivity index (χ3v) is 11.8. The van der Waals surface area contributed by atoms with Crippen molar-refractivity contribution in [2.45, 2.75) is 64.0 Å². The first-order valence-corrected chi connectivity index (χ1v) is 18.2. The Kier molecular flexibility index (Phi) is 9.04. The van der Waals surface area contributed by atoms with E-state index in [1.807, 2.05) is 24.0 Å². The van der Waals surface area contributed by atoms with Gasteiger partial charge in [-0.3, -0.25) is 10.00 Å². The third-order valence-electron chi connectivity index (χ3n) is 11.3. The molecule has 4 aromatic rings. The van der Waals surface area contributed by atoms with Gasteiger partial charge in [0.15, 0.2) is 5.82 Å². The highest BCUT2D eigenvalue weighted by molar-refractivity contribution is 6.35.